The van der Waals surface area contributed by atoms with E-state index in [9.17, 15) is 64.0 Å². The number of phosphoric ester groups is 2. The van der Waals surface area contributed by atoms with E-state index in [-0.39, 0.29) is 25.7 Å². The van der Waals surface area contributed by atoms with Gasteiger partial charge in [0.1, 0.15) is 43.2 Å². The zero-order chi connectivity index (χ0) is 51.3. The van der Waals surface area contributed by atoms with Gasteiger partial charge in [-0.25, -0.2) is 9.13 Å². The summed E-state index contributed by atoms with van der Waals surface area (Å²) in [6.45, 7) is 2.81. The summed E-state index contributed by atoms with van der Waals surface area (Å²) in [5, 5.41) is 61.5. The molecule has 0 aromatic rings. The van der Waals surface area contributed by atoms with Crippen LogP contribution in [-0.2, 0) is 41.8 Å². The molecule has 400 valence electrons. The highest BCUT2D eigenvalue weighted by Gasteiger charge is 2.54. The largest absolute Gasteiger partial charge is 0.472 e. The lowest BCUT2D eigenvalue weighted by Gasteiger charge is -2.43. The molecule has 0 saturated heterocycles. The average Bonchev–Trinajstić information content (AvgIpc) is 3.29. The molecular weight excluding hydrogens is 938 g/mol. The fourth-order valence-electron chi connectivity index (χ4n) is 7.29. The molecule has 0 spiro atoms. The van der Waals surface area contributed by atoms with Crippen LogP contribution in [0.4, 0.5) is 0 Å². The van der Waals surface area contributed by atoms with Gasteiger partial charge in [-0.3, -0.25) is 23.2 Å². The van der Waals surface area contributed by atoms with Crippen molar-refractivity contribution in [2.24, 2.45) is 0 Å². The van der Waals surface area contributed by atoms with E-state index in [1.165, 1.54) is 38.5 Å². The summed E-state index contributed by atoms with van der Waals surface area (Å²) in [6, 6.07) is 0. The number of esters is 2. The molecule has 20 heteroatoms. The maximum Gasteiger partial charge on any atom is 0.472 e. The minimum absolute atomic E-state index is 0.0122. The maximum atomic E-state index is 13.0. The summed E-state index contributed by atoms with van der Waals surface area (Å²) >= 11 is 0. The van der Waals surface area contributed by atoms with Crippen LogP contribution in [0.5, 0.6) is 0 Å². The van der Waals surface area contributed by atoms with E-state index in [1.807, 2.05) is 24.3 Å². The molecule has 5 unspecified atom stereocenters. The highest BCUT2D eigenvalue weighted by molar-refractivity contribution is 7.47. The third kappa shape index (κ3) is 33.8. The Balaban J connectivity index is 2.67. The number of phosphoric acid groups is 2. The smallest absolute Gasteiger partial charge is 0.462 e. The standard InChI is InChI=1S/C49H86O18P2/c1-3-5-7-8-9-10-11-12-13-14-15-16-17-18-22-25-29-35-43(53)65-41(38-64-69(61,62)67-49-46(56)44(54)45(55)48(47(49)57)66-68(58,59)60)37-63-42(52)36-30-34-40(51)33-28-24-21-19-20-23-27-32-39(50)31-26-6-4-2/h12-13,20-21,23-24,27-28,32-33,39-41,44-51,54-57H,3-11,14-19,22,25-26,29-31,34-38H2,1-2H3,(H,61,62)(H2,58,59,60)/b13-12-,23-20-,24-21-,32-27+,33-28+/t39-,40-,41+,44?,45?,46?,47?,48+,49-/m0/s1. The Labute approximate surface area is 410 Å². The van der Waals surface area contributed by atoms with Gasteiger partial charge in [0.05, 0.1) is 18.8 Å². The van der Waals surface area contributed by atoms with Crippen LogP contribution < -0.4 is 0 Å². The summed E-state index contributed by atoms with van der Waals surface area (Å²) in [7, 11) is -10.8. The van der Waals surface area contributed by atoms with Crippen LogP contribution in [0.1, 0.15) is 168 Å². The molecule has 1 rings (SSSR count). The van der Waals surface area contributed by atoms with Crippen molar-refractivity contribution >= 4 is 27.6 Å². The SMILES string of the molecule is CCCCCCCC/C=C\CCCCCCCCCC(=O)O[C@H](COC(=O)CCC[C@@H](O)/C=C/C=C\C/C=C\C=C\[C@@H](O)CCCCC)COP(=O)(O)O[C@H]1C(O)C(O)C(O)[C@@H](OP(=O)(O)O)C1O. The lowest BCUT2D eigenvalue weighted by atomic mass is 9.85. The number of carbonyl (C=O) groups is 2. The van der Waals surface area contributed by atoms with Crippen molar-refractivity contribution < 1.29 is 87.1 Å². The minimum Gasteiger partial charge on any atom is -0.462 e. The number of hydrogen-bond acceptors (Lipinski definition) is 15. The molecule has 0 radical (unpaired) electrons. The minimum atomic E-state index is -5.39. The van der Waals surface area contributed by atoms with Crippen LogP contribution in [0.25, 0.3) is 0 Å². The number of aliphatic hydroxyl groups is 6. The Morgan fingerprint density at radius 2 is 1.01 bits per heavy atom. The molecule has 1 aliphatic rings. The van der Waals surface area contributed by atoms with Gasteiger partial charge in [0.2, 0.25) is 0 Å². The van der Waals surface area contributed by atoms with Gasteiger partial charge in [-0.1, -0.05) is 158 Å². The first kappa shape index (κ1) is 64.6. The van der Waals surface area contributed by atoms with E-state index < -0.39 is 95.7 Å². The predicted molar refractivity (Wildman–Crippen MR) is 262 cm³/mol. The quantitative estimate of drug-likeness (QED) is 0.00928. The first-order valence-corrected chi connectivity index (χ1v) is 28.1. The second-order valence-corrected chi connectivity index (χ2v) is 20.2. The van der Waals surface area contributed by atoms with Gasteiger partial charge in [0.15, 0.2) is 6.10 Å². The molecule has 9 N–H and O–H groups in total. The number of rotatable bonds is 41. The average molecular weight is 1030 g/mol. The zero-order valence-electron chi connectivity index (χ0n) is 40.9. The third-order valence-electron chi connectivity index (χ3n) is 11.3. The highest BCUT2D eigenvalue weighted by atomic mass is 31.2. The predicted octanol–water partition coefficient (Wildman–Crippen LogP) is 7.78. The van der Waals surface area contributed by atoms with Crippen molar-refractivity contribution in [2.75, 3.05) is 13.2 Å². The van der Waals surface area contributed by atoms with Crippen molar-refractivity contribution in [2.45, 2.75) is 223 Å². The van der Waals surface area contributed by atoms with E-state index in [0.717, 1.165) is 77.0 Å². The van der Waals surface area contributed by atoms with E-state index >= 15 is 0 Å². The second-order valence-electron chi connectivity index (χ2n) is 17.6. The Morgan fingerprint density at radius 1 is 0.536 bits per heavy atom. The molecule has 1 saturated carbocycles. The Hall–Kier alpha value is -2.38. The van der Waals surface area contributed by atoms with Crippen molar-refractivity contribution in [1.29, 1.82) is 0 Å². The van der Waals surface area contributed by atoms with E-state index in [2.05, 4.69) is 30.5 Å². The number of carbonyl (C=O) groups excluding carboxylic acids is 2. The fourth-order valence-corrected chi connectivity index (χ4v) is 8.83. The van der Waals surface area contributed by atoms with E-state index in [4.69, 9.17) is 18.5 Å². The van der Waals surface area contributed by atoms with Gasteiger partial charge in [-0.15, -0.1) is 0 Å². The molecule has 1 aliphatic carbocycles. The highest BCUT2D eigenvalue weighted by Crippen LogP contribution is 2.49. The summed E-state index contributed by atoms with van der Waals surface area (Å²) < 4.78 is 49.3. The summed E-state index contributed by atoms with van der Waals surface area (Å²) in [5.74, 6) is -1.44. The van der Waals surface area contributed by atoms with Crippen LogP contribution >= 0.6 is 15.6 Å². The summed E-state index contributed by atoms with van der Waals surface area (Å²) in [5.41, 5.74) is 0. The van der Waals surface area contributed by atoms with E-state index in [1.54, 1.807) is 24.3 Å². The van der Waals surface area contributed by atoms with Crippen molar-refractivity contribution in [3.63, 3.8) is 0 Å². The number of hydrogen-bond donors (Lipinski definition) is 9. The first-order valence-electron chi connectivity index (χ1n) is 25.1. The molecule has 0 amide bonds. The monoisotopic (exact) mass is 1020 g/mol. The van der Waals surface area contributed by atoms with Gasteiger partial charge in [-0.2, -0.15) is 0 Å². The molecule has 0 aromatic heterocycles. The van der Waals surface area contributed by atoms with Crippen molar-refractivity contribution in [1.82, 2.24) is 0 Å². The lowest BCUT2D eigenvalue weighted by Crippen LogP contribution is -2.64. The van der Waals surface area contributed by atoms with Crippen LogP contribution in [0.2, 0.25) is 0 Å². The van der Waals surface area contributed by atoms with Gasteiger partial charge in [0.25, 0.3) is 0 Å². The van der Waals surface area contributed by atoms with Gasteiger partial charge >= 0.3 is 27.6 Å². The summed E-state index contributed by atoms with van der Waals surface area (Å²) in [4.78, 5) is 54.4. The third-order valence-corrected chi connectivity index (χ3v) is 12.8. The number of ether oxygens (including phenoxy) is 2. The van der Waals surface area contributed by atoms with Gasteiger partial charge < -0.3 is 54.8 Å². The summed E-state index contributed by atoms with van der Waals surface area (Å²) in [6.07, 6.45) is 23.7. The van der Waals surface area contributed by atoms with Crippen molar-refractivity contribution in [3.8, 4) is 0 Å². The molecule has 0 heterocycles. The van der Waals surface area contributed by atoms with Crippen molar-refractivity contribution in [3.05, 3.63) is 60.8 Å². The second kappa shape index (κ2) is 39.2. The lowest BCUT2D eigenvalue weighted by molar-refractivity contribution is -0.216. The Kier molecular flexibility index (Phi) is 36.7. The van der Waals surface area contributed by atoms with E-state index in [0.29, 0.717) is 12.8 Å². The van der Waals surface area contributed by atoms with Crippen LogP contribution in [0.3, 0.4) is 0 Å². The Bertz CT molecular complexity index is 1600. The molecular formula is C49H86O18P2. The fraction of sp³-hybridized carbons (Fsp3) is 0.755. The number of allylic oxidation sites excluding steroid dienone is 8. The van der Waals surface area contributed by atoms with Gasteiger partial charge in [-0.05, 0) is 57.8 Å². The number of unbranched alkanes of at least 4 members (excludes halogenated alkanes) is 15. The Morgan fingerprint density at radius 3 is 1.57 bits per heavy atom. The normalized spacial score (nSPS) is 22.5. The number of aliphatic hydroxyl groups excluding tert-OH is 6. The molecule has 10 atom stereocenters. The topological polar surface area (TPSA) is 296 Å². The van der Waals surface area contributed by atoms with Gasteiger partial charge in [0, 0.05) is 12.8 Å². The molecule has 0 bridgehead atoms. The van der Waals surface area contributed by atoms with Crippen LogP contribution in [0, 0.1) is 0 Å². The zero-order valence-corrected chi connectivity index (χ0v) is 42.7. The maximum absolute atomic E-state index is 13.0. The molecule has 0 aromatic carbocycles. The first-order chi connectivity index (χ1) is 32.9. The molecule has 1 fully saturated rings. The molecule has 69 heavy (non-hydrogen) atoms. The van der Waals surface area contributed by atoms with Crippen LogP contribution in [-0.4, -0.2) is 125 Å². The molecule has 0 aliphatic heterocycles. The molecule has 18 nitrogen and oxygen atoms in total. The van der Waals surface area contributed by atoms with Crippen LogP contribution in [0.15, 0.2) is 60.8 Å².